The maximum atomic E-state index is 2.58. The summed E-state index contributed by atoms with van der Waals surface area (Å²) in [5.74, 6) is 0. The number of nitrogens with zero attached hydrogens (tertiary/aromatic N) is 2. The van der Waals surface area contributed by atoms with Gasteiger partial charge in [0, 0.05) is 38.9 Å². The molecule has 2 heteroatoms. The SMILES string of the molecule is CCc1ccccc1N(c1cc(-c2ccccc2)ccc1C)c1cc(N(c2cc(-c3ccccc3)ccc2C)c2ccccc2CC)c2ccc3cc(C(C)(C)C)cc4ccc1c2c43. The van der Waals surface area contributed by atoms with Gasteiger partial charge in [-0.1, -0.05) is 192 Å². The molecule has 10 aromatic carbocycles. The van der Waals surface area contributed by atoms with Crippen molar-refractivity contribution in [2.45, 2.75) is 66.7 Å². The molecule has 0 atom stereocenters. The first-order valence-corrected chi connectivity index (χ1v) is 23.0. The summed E-state index contributed by atoms with van der Waals surface area (Å²) in [6, 6.07) is 70.5. The second-order valence-corrected chi connectivity index (χ2v) is 18.4. The van der Waals surface area contributed by atoms with Gasteiger partial charge in [-0.15, -0.1) is 0 Å². The lowest BCUT2D eigenvalue weighted by Gasteiger charge is -2.35. The Morgan fingerprint density at radius 3 is 1.20 bits per heavy atom. The zero-order valence-electron chi connectivity index (χ0n) is 38.2. The van der Waals surface area contributed by atoms with Crippen molar-refractivity contribution in [1.82, 2.24) is 0 Å². The molecule has 0 amide bonds. The highest BCUT2D eigenvalue weighted by Crippen LogP contribution is 2.52. The number of rotatable bonds is 10. The van der Waals surface area contributed by atoms with Crippen LogP contribution in [0.15, 0.2) is 188 Å². The smallest absolute Gasteiger partial charge is 0.0561 e. The summed E-state index contributed by atoms with van der Waals surface area (Å²) >= 11 is 0. The minimum Gasteiger partial charge on any atom is -0.309 e. The number of aryl methyl sites for hydroxylation is 4. The average molecular weight is 829 g/mol. The zero-order valence-corrected chi connectivity index (χ0v) is 38.2. The van der Waals surface area contributed by atoms with Gasteiger partial charge in [0.2, 0.25) is 0 Å². The largest absolute Gasteiger partial charge is 0.309 e. The lowest BCUT2D eigenvalue weighted by atomic mass is 9.83. The third-order valence-corrected chi connectivity index (χ3v) is 13.4. The predicted molar refractivity (Wildman–Crippen MR) is 277 cm³/mol. The van der Waals surface area contributed by atoms with Crippen molar-refractivity contribution in [3.63, 3.8) is 0 Å². The molecular formula is C62H56N2. The minimum absolute atomic E-state index is 0.00465. The second-order valence-electron chi connectivity index (χ2n) is 18.4. The van der Waals surface area contributed by atoms with E-state index >= 15 is 0 Å². The van der Waals surface area contributed by atoms with E-state index in [4.69, 9.17) is 0 Å². The number of hydrogen-bond acceptors (Lipinski definition) is 2. The Kier molecular flexibility index (Phi) is 10.6. The zero-order chi connectivity index (χ0) is 44.1. The van der Waals surface area contributed by atoms with Crippen molar-refractivity contribution in [3.8, 4) is 22.3 Å². The van der Waals surface area contributed by atoms with Crippen LogP contribution in [0.1, 0.15) is 62.4 Å². The molecule has 0 radical (unpaired) electrons. The van der Waals surface area contributed by atoms with Gasteiger partial charge in [0.05, 0.1) is 11.4 Å². The van der Waals surface area contributed by atoms with Crippen LogP contribution >= 0.6 is 0 Å². The fourth-order valence-electron chi connectivity index (χ4n) is 9.84. The van der Waals surface area contributed by atoms with E-state index in [9.17, 15) is 0 Å². The van der Waals surface area contributed by atoms with Crippen molar-refractivity contribution in [2.24, 2.45) is 0 Å². The van der Waals surface area contributed by atoms with Crippen molar-refractivity contribution in [3.05, 3.63) is 216 Å². The Balaban J connectivity index is 1.38. The molecule has 0 fully saturated rings. The van der Waals surface area contributed by atoms with Crippen LogP contribution in [-0.4, -0.2) is 0 Å². The Bertz CT molecular complexity index is 3090. The Morgan fingerprint density at radius 2 is 0.781 bits per heavy atom. The van der Waals surface area contributed by atoms with Crippen molar-refractivity contribution >= 4 is 66.4 Å². The number of anilines is 6. The third-order valence-electron chi connectivity index (χ3n) is 13.4. The molecule has 0 bridgehead atoms. The van der Waals surface area contributed by atoms with Gasteiger partial charge >= 0.3 is 0 Å². The van der Waals surface area contributed by atoms with Crippen LogP contribution in [0.3, 0.4) is 0 Å². The van der Waals surface area contributed by atoms with Gasteiger partial charge in [0.15, 0.2) is 0 Å². The lowest BCUT2D eigenvalue weighted by molar-refractivity contribution is 0.591. The fraction of sp³-hybridized carbons (Fsp3) is 0.161. The minimum atomic E-state index is 0.00465. The molecule has 0 aromatic heterocycles. The lowest BCUT2D eigenvalue weighted by Crippen LogP contribution is -2.17. The van der Waals surface area contributed by atoms with Gasteiger partial charge < -0.3 is 9.80 Å². The normalized spacial score (nSPS) is 11.8. The molecule has 10 rings (SSSR count). The van der Waals surface area contributed by atoms with Crippen LogP contribution in [0, 0.1) is 13.8 Å². The van der Waals surface area contributed by atoms with E-state index in [0.717, 1.165) is 24.2 Å². The van der Waals surface area contributed by atoms with E-state index in [-0.39, 0.29) is 5.41 Å². The number of para-hydroxylation sites is 2. The van der Waals surface area contributed by atoms with Gasteiger partial charge in [-0.2, -0.15) is 0 Å². The van der Waals surface area contributed by atoms with E-state index in [1.807, 2.05) is 0 Å². The molecular weight excluding hydrogens is 773 g/mol. The van der Waals surface area contributed by atoms with E-state index < -0.39 is 0 Å². The summed E-state index contributed by atoms with van der Waals surface area (Å²) in [6.07, 6.45) is 1.81. The Morgan fingerprint density at radius 1 is 0.359 bits per heavy atom. The van der Waals surface area contributed by atoms with Crippen LogP contribution in [0.5, 0.6) is 0 Å². The van der Waals surface area contributed by atoms with Gasteiger partial charge in [-0.05, 0) is 129 Å². The molecule has 0 unspecified atom stereocenters. The molecule has 0 spiro atoms. The highest BCUT2D eigenvalue weighted by Gasteiger charge is 2.28. The molecule has 0 aliphatic rings. The van der Waals surface area contributed by atoms with Crippen molar-refractivity contribution in [1.29, 1.82) is 0 Å². The molecule has 0 saturated heterocycles. The van der Waals surface area contributed by atoms with Gasteiger partial charge in [-0.25, -0.2) is 0 Å². The summed E-state index contributed by atoms with van der Waals surface area (Å²) < 4.78 is 0. The summed E-state index contributed by atoms with van der Waals surface area (Å²) in [7, 11) is 0. The third kappa shape index (κ3) is 7.18. The molecule has 2 nitrogen and oxygen atoms in total. The molecule has 64 heavy (non-hydrogen) atoms. The highest BCUT2D eigenvalue weighted by molar-refractivity contribution is 6.29. The van der Waals surface area contributed by atoms with Crippen LogP contribution in [-0.2, 0) is 18.3 Å². The molecule has 314 valence electrons. The molecule has 0 aliphatic heterocycles. The first kappa shape index (κ1) is 40.9. The second kappa shape index (κ2) is 16.5. The molecule has 10 aromatic rings. The first-order valence-electron chi connectivity index (χ1n) is 23.0. The van der Waals surface area contributed by atoms with Crippen LogP contribution < -0.4 is 9.80 Å². The van der Waals surface area contributed by atoms with Gasteiger partial charge in [0.25, 0.3) is 0 Å². The maximum absolute atomic E-state index is 2.58. The van der Waals surface area contributed by atoms with Crippen LogP contribution in [0.2, 0.25) is 0 Å². The van der Waals surface area contributed by atoms with E-state index in [1.54, 1.807) is 0 Å². The monoisotopic (exact) mass is 828 g/mol. The van der Waals surface area contributed by atoms with E-state index in [0.29, 0.717) is 0 Å². The van der Waals surface area contributed by atoms with E-state index in [1.165, 1.54) is 105 Å². The average Bonchev–Trinajstić information content (AvgIpc) is 3.33. The molecule has 0 saturated carbocycles. The van der Waals surface area contributed by atoms with Crippen molar-refractivity contribution in [2.75, 3.05) is 9.80 Å². The van der Waals surface area contributed by atoms with Gasteiger partial charge in [0.1, 0.15) is 0 Å². The van der Waals surface area contributed by atoms with Crippen molar-refractivity contribution < 1.29 is 0 Å². The topological polar surface area (TPSA) is 6.48 Å². The summed E-state index contributed by atoms with van der Waals surface area (Å²) in [5, 5.41) is 7.60. The molecule has 0 aliphatic carbocycles. The summed E-state index contributed by atoms with van der Waals surface area (Å²) in [4.78, 5) is 5.15. The number of hydrogen-bond donors (Lipinski definition) is 0. The summed E-state index contributed by atoms with van der Waals surface area (Å²) in [5.41, 5.74) is 18.2. The quantitative estimate of drug-likeness (QED) is 0.127. The Labute approximate surface area is 379 Å². The van der Waals surface area contributed by atoms with Crippen LogP contribution in [0.25, 0.3) is 54.6 Å². The standard InChI is InChI=1S/C62H56N2/c1-8-43-20-16-18-26-54(43)63(56-38-47(30-28-41(56)3)45-22-12-10-13-23-45)58-40-59(53-35-33-50-37-51(62(5,6)7)36-49-32-34-52(58)61(53)60(49)50)64(55-27-19-17-21-44(55)9-2)57-39-48(31-29-42(57)4)46-24-14-11-15-25-46/h10-40H,8-9H2,1-7H3. The molecule has 0 heterocycles. The van der Waals surface area contributed by atoms with E-state index in [2.05, 4.69) is 246 Å². The molecule has 0 N–H and O–H groups in total. The summed E-state index contributed by atoms with van der Waals surface area (Å²) in [6.45, 7) is 16.0. The number of benzene rings is 10. The fourth-order valence-corrected chi connectivity index (χ4v) is 9.84. The van der Waals surface area contributed by atoms with Gasteiger partial charge in [-0.3, -0.25) is 0 Å². The Hall–Kier alpha value is -7.16. The predicted octanol–water partition coefficient (Wildman–Crippen LogP) is 17.9. The highest BCUT2D eigenvalue weighted by atomic mass is 15.2. The first-order chi connectivity index (χ1) is 31.1. The maximum Gasteiger partial charge on any atom is 0.0561 e. The van der Waals surface area contributed by atoms with Crippen LogP contribution in [0.4, 0.5) is 34.1 Å².